The van der Waals surface area contributed by atoms with Crippen LogP contribution >= 0.6 is 0 Å². The Morgan fingerprint density at radius 3 is 1.12 bits per heavy atom. The normalized spacial score (nSPS) is 13.1. The summed E-state index contributed by atoms with van der Waals surface area (Å²) in [4.78, 5) is 55.4. The van der Waals surface area contributed by atoms with Crippen LogP contribution in [0.2, 0.25) is 0 Å². The number of Topliss-reactive ketones (excluding diaryl/α,β-unsaturated/α-hetero) is 1. The molecule has 0 aromatic carbocycles. The smallest absolute Gasteiger partial charge is 0.309 e. The first-order valence-corrected chi connectivity index (χ1v) is 15.1. The molecule has 0 spiro atoms. The number of aliphatic hydroxyl groups excluding tert-OH is 1. The van der Waals surface area contributed by atoms with Crippen molar-refractivity contribution in [1.82, 2.24) is 0 Å². The number of hydrogen-bond acceptors (Lipinski definition) is 6. The predicted molar refractivity (Wildman–Crippen MR) is 161 cm³/mol. The maximum atomic E-state index is 11.7. The Morgan fingerprint density at radius 2 is 0.738 bits per heavy atom. The van der Waals surface area contributed by atoms with E-state index < -0.39 is 51.6 Å². The second kappa shape index (κ2) is 18.9. The first-order valence-electron chi connectivity index (χ1n) is 15.1. The third-order valence-corrected chi connectivity index (χ3v) is 8.01. The van der Waals surface area contributed by atoms with Crippen molar-refractivity contribution in [3.05, 3.63) is 0 Å². The highest BCUT2D eigenvalue weighted by Crippen LogP contribution is 2.27. The summed E-state index contributed by atoms with van der Waals surface area (Å²) in [5, 5.41) is 45.8. The van der Waals surface area contributed by atoms with Crippen LogP contribution in [0.15, 0.2) is 0 Å². The molecule has 0 saturated heterocycles. The van der Waals surface area contributed by atoms with Crippen LogP contribution in [0.25, 0.3) is 0 Å². The lowest BCUT2D eigenvalue weighted by Gasteiger charge is -2.20. The first-order chi connectivity index (χ1) is 19.0. The molecule has 0 heterocycles. The van der Waals surface area contributed by atoms with Gasteiger partial charge in [0.15, 0.2) is 0 Å². The average molecular weight is 603 g/mol. The van der Waals surface area contributed by atoms with Crippen LogP contribution in [-0.4, -0.2) is 61.3 Å². The van der Waals surface area contributed by atoms with Crippen LogP contribution in [0.1, 0.15) is 145 Å². The van der Waals surface area contributed by atoms with Crippen molar-refractivity contribution in [2.75, 3.05) is 0 Å². The number of aliphatic carboxylic acids is 4. The largest absolute Gasteiger partial charge is 0.481 e. The molecule has 5 N–H and O–H groups in total. The van der Waals surface area contributed by atoms with Crippen LogP contribution < -0.4 is 0 Å². The fourth-order valence-corrected chi connectivity index (χ4v) is 4.04. The van der Waals surface area contributed by atoms with Crippen LogP contribution in [0.4, 0.5) is 0 Å². The molecule has 0 fully saturated rings. The van der Waals surface area contributed by atoms with Crippen molar-refractivity contribution in [3.63, 3.8) is 0 Å². The second-order valence-corrected chi connectivity index (χ2v) is 14.1. The van der Waals surface area contributed by atoms with Gasteiger partial charge in [-0.2, -0.15) is 0 Å². The van der Waals surface area contributed by atoms with Crippen molar-refractivity contribution in [1.29, 1.82) is 0 Å². The van der Waals surface area contributed by atoms with Gasteiger partial charge in [0.25, 0.3) is 0 Å². The highest BCUT2D eigenvalue weighted by molar-refractivity contribution is 5.78. The van der Waals surface area contributed by atoms with Crippen LogP contribution in [0.5, 0.6) is 0 Å². The van der Waals surface area contributed by atoms with E-state index in [1.807, 2.05) is 0 Å². The van der Waals surface area contributed by atoms with E-state index in [4.69, 9.17) is 20.4 Å². The van der Waals surface area contributed by atoms with Crippen LogP contribution in [0, 0.1) is 21.7 Å². The molecule has 246 valence electrons. The molecule has 0 aliphatic carbocycles. The Kier molecular flexibility index (Phi) is 18.8. The standard InChI is InChI=1S/C16H30O5.C16H28O5/c2*1-15(2,13(18)19)10-6-5-8-12(17)9-7-11-16(3,4)14(20)21/h12,17H,5-11H2,1-4H3,(H,18,19)(H,20,21);5-11H2,1-4H3,(H,18,19)(H,20,21). The third-order valence-electron chi connectivity index (χ3n) is 8.01. The lowest BCUT2D eigenvalue weighted by atomic mass is 9.85. The number of carboxylic acid groups (broad SMARTS) is 4. The van der Waals surface area contributed by atoms with E-state index in [1.165, 1.54) is 0 Å². The maximum Gasteiger partial charge on any atom is 0.309 e. The molecule has 0 amide bonds. The van der Waals surface area contributed by atoms with E-state index >= 15 is 0 Å². The van der Waals surface area contributed by atoms with Crippen molar-refractivity contribution in [2.24, 2.45) is 21.7 Å². The molecule has 0 saturated carbocycles. The molecule has 1 unspecified atom stereocenters. The Labute approximate surface area is 252 Å². The molecule has 0 bridgehead atoms. The number of carbonyl (C=O) groups is 5. The van der Waals surface area contributed by atoms with Gasteiger partial charge in [-0.25, -0.2) is 0 Å². The number of rotatable bonds is 22. The van der Waals surface area contributed by atoms with E-state index in [1.54, 1.807) is 55.4 Å². The van der Waals surface area contributed by atoms with Gasteiger partial charge in [-0.3, -0.25) is 24.0 Å². The van der Waals surface area contributed by atoms with Gasteiger partial charge in [-0.15, -0.1) is 0 Å². The molecule has 10 nitrogen and oxygen atoms in total. The predicted octanol–water partition coefficient (Wildman–Crippen LogP) is 6.81. The van der Waals surface area contributed by atoms with Crippen LogP contribution in [0.3, 0.4) is 0 Å². The fraction of sp³-hybridized carbons (Fsp3) is 0.844. The zero-order chi connectivity index (χ0) is 33.4. The van der Waals surface area contributed by atoms with E-state index in [0.717, 1.165) is 12.8 Å². The first kappa shape index (κ1) is 41.6. The summed E-state index contributed by atoms with van der Waals surface area (Å²) in [6, 6.07) is 0. The third kappa shape index (κ3) is 18.8. The maximum absolute atomic E-state index is 11.7. The van der Waals surface area contributed by atoms with E-state index in [0.29, 0.717) is 77.0 Å². The molecule has 0 aromatic rings. The van der Waals surface area contributed by atoms with Gasteiger partial charge < -0.3 is 25.5 Å². The van der Waals surface area contributed by atoms with Crippen molar-refractivity contribution in [3.8, 4) is 0 Å². The van der Waals surface area contributed by atoms with Crippen molar-refractivity contribution in [2.45, 2.75) is 151 Å². The lowest BCUT2D eigenvalue weighted by molar-refractivity contribution is -0.148. The highest BCUT2D eigenvalue weighted by Gasteiger charge is 2.29. The average Bonchev–Trinajstić information content (AvgIpc) is 2.84. The Morgan fingerprint density at radius 1 is 0.452 bits per heavy atom. The molecular weight excluding hydrogens is 544 g/mol. The van der Waals surface area contributed by atoms with Crippen molar-refractivity contribution >= 4 is 29.7 Å². The Hall–Kier alpha value is -2.49. The molecule has 0 aliphatic rings. The number of hydrogen-bond donors (Lipinski definition) is 5. The summed E-state index contributed by atoms with van der Waals surface area (Å²) in [6.45, 7) is 13.5. The van der Waals surface area contributed by atoms with E-state index in [-0.39, 0.29) is 5.78 Å². The summed E-state index contributed by atoms with van der Waals surface area (Å²) in [7, 11) is 0. The summed E-state index contributed by atoms with van der Waals surface area (Å²) >= 11 is 0. The molecule has 42 heavy (non-hydrogen) atoms. The number of ketones is 1. The van der Waals surface area contributed by atoms with Gasteiger partial charge in [0.2, 0.25) is 0 Å². The van der Waals surface area contributed by atoms with Gasteiger partial charge in [0.05, 0.1) is 27.8 Å². The molecular formula is C32H58O10. The minimum Gasteiger partial charge on any atom is -0.481 e. The topological polar surface area (TPSA) is 186 Å². The molecule has 0 aromatic heterocycles. The monoisotopic (exact) mass is 602 g/mol. The minimum atomic E-state index is -0.842. The van der Waals surface area contributed by atoms with Gasteiger partial charge in [0, 0.05) is 12.8 Å². The second-order valence-electron chi connectivity index (χ2n) is 14.1. The number of carboxylic acids is 4. The van der Waals surface area contributed by atoms with Gasteiger partial charge in [0.1, 0.15) is 5.78 Å². The fourth-order valence-electron chi connectivity index (χ4n) is 4.04. The zero-order valence-corrected chi connectivity index (χ0v) is 27.3. The molecule has 0 aliphatic heterocycles. The molecule has 0 rings (SSSR count). The summed E-state index contributed by atoms with van der Waals surface area (Å²) in [6.07, 6.45) is 8.09. The van der Waals surface area contributed by atoms with Crippen LogP contribution in [-0.2, 0) is 24.0 Å². The Bertz CT molecular complexity index is 871. The van der Waals surface area contributed by atoms with Gasteiger partial charge >= 0.3 is 23.9 Å². The number of carbonyl (C=O) groups excluding carboxylic acids is 1. The minimum absolute atomic E-state index is 0.129. The summed E-state index contributed by atoms with van der Waals surface area (Å²) in [5.74, 6) is -3.13. The SMILES string of the molecule is CC(C)(CCCCC(=O)CCCC(C)(C)C(=O)O)C(=O)O.CC(C)(CCCCC(O)CCCC(C)(C)C(=O)O)C(=O)O. The molecule has 0 radical (unpaired) electrons. The van der Waals surface area contributed by atoms with Crippen molar-refractivity contribution < 1.29 is 49.5 Å². The van der Waals surface area contributed by atoms with Gasteiger partial charge in [-0.1, -0.05) is 19.3 Å². The van der Waals surface area contributed by atoms with Gasteiger partial charge in [-0.05, 0) is 113 Å². The highest BCUT2D eigenvalue weighted by atomic mass is 16.4. The number of unbranched alkanes of at least 4 members (excludes halogenated alkanes) is 2. The van der Waals surface area contributed by atoms with E-state index in [9.17, 15) is 29.1 Å². The molecule has 1 atom stereocenters. The quantitative estimate of drug-likeness (QED) is 0.0824. The summed E-state index contributed by atoms with van der Waals surface area (Å²) in [5.41, 5.74) is -2.98. The lowest BCUT2D eigenvalue weighted by Crippen LogP contribution is -2.24. The zero-order valence-electron chi connectivity index (χ0n) is 27.3. The van der Waals surface area contributed by atoms with E-state index in [2.05, 4.69) is 0 Å². The number of aliphatic hydroxyl groups is 1. The molecule has 10 heteroatoms. The summed E-state index contributed by atoms with van der Waals surface area (Å²) < 4.78 is 0. The Balaban J connectivity index is 0.